The van der Waals surface area contributed by atoms with E-state index < -0.39 is 0 Å². The lowest BCUT2D eigenvalue weighted by atomic mass is 10.4. The van der Waals surface area contributed by atoms with Gasteiger partial charge in [0.15, 0.2) is 0 Å². The Kier molecular flexibility index (Phi) is 2.52. The summed E-state index contributed by atoms with van der Waals surface area (Å²) in [5, 5.41) is 5.53. The third kappa shape index (κ3) is 1.78. The van der Waals surface area contributed by atoms with Crippen LogP contribution in [0, 0.1) is 0 Å². The van der Waals surface area contributed by atoms with Crippen LogP contribution in [-0.4, -0.2) is 27.5 Å². The van der Waals surface area contributed by atoms with Crippen LogP contribution < -0.4 is 5.32 Å². The minimum Gasteiger partial charge on any atom is -0.367 e. The lowest BCUT2D eigenvalue weighted by molar-refractivity contribution is 0.941. The first-order valence-electron chi connectivity index (χ1n) is 5.30. The minimum absolute atomic E-state index is 0.467. The molecule has 5 heteroatoms. The second kappa shape index (κ2) is 3.89. The standard InChI is InChI=1S/C11H13N3S2/c1-15-11(3-4-11)6-12-10-9-8(2-5-16-9)13-7-14-10/h2,5,7H,3-4,6H2,1H3,(H,12,13,14). The number of fused-ring (bicyclic) bond motifs is 1. The Balaban J connectivity index is 1.81. The molecule has 3 nitrogen and oxygen atoms in total. The number of thiophene rings is 1. The van der Waals surface area contributed by atoms with Crippen LogP contribution in [0.5, 0.6) is 0 Å². The van der Waals surface area contributed by atoms with E-state index in [1.54, 1.807) is 17.7 Å². The number of rotatable bonds is 4. The highest BCUT2D eigenvalue weighted by atomic mass is 32.2. The molecule has 0 aromatic carbocycles. The smallest absolute Gasteiger partial charge is 0.147 e. The van der Waals surface area contributed by atoms with Gasteiger partial charge >= 0.3 is 0 Å². The SMILES string of the molecule is CSC1(CNc2ncnc3ccsc23)CC1. The Bertz CT molecular complexity index is 505. The van der Waals surface area contributed by atoms with E-state index in [0.717, 1.165) is 17.9 Å². The third-order valence-electron chi connectivity index (χ3n) is 3.06. The molecule has 1 aliphatic rings. The summed E-state index contributed by atoms with van der Waals surface area (Å²) in [6.07, 6.45) is 6.46. The second-order valence-electron chi connectivity index (χ2n) is 4.10. The van der Waals surface area contributed by atoms with Gasteiger partial charge in [-0.25, -0.2) is 9.97 Å². The van der Waals surface area contributed by atoms with Crippen molar-refractivity contribution in [2.24, 2.45) is 0 Å². The van der Waals surface area contributed by atoms with Gasteiger partial charge in [-0.3, -0.25) is 0 Å². The normalized spacial score (nSPS) is 17.6. The number of hydrogen-bond donors (Lipinski definition) is 1. The Morgan fingerprint density at radius 1 is 1.50 bits per heavy atom. The van der Waals surface area contributed by atoms with Gasteiger partial charge in [-0.1, -0.05) is 0 Å². The average molecular weight is 251 g/mol. The molecular formula is C11H13N3S2. The molecule has 84 valence electrons. The van der Waals surface area contributed by atoms with E-state index in [1.807, 2.05) is 17.8 Å². The van der Waals surface area contributed by atoms with Crippen molar-refractivity contribution in [3.63, 3.8) is 0 Å². The van der Waals surface area contributed by atoms with E-state index in [2.05, 4.69) is 26.9 Å². The fraction of sp³-hybridized carbons (Fsp3) is 0.455. The summed E-state index contributed by atoms with van der Waals surface area (Å²) in [5.74, 6) is 0.986. The summed E-state index contributed by atoms with van der Waals surface area (Å²) in [5.41, 5.74) is 1.04. The van der Waals surface area contributed by atoms with Crippen LogP contribution in [0.2, 0.25) is 0 Å². The molecule has 0 aliphatic heterocycles. The van der Waals surface area contributed by atoms with Crippen molar-refractivity contribution in [3.05, 3.63) is 17.8 Å². The monoisotopic (exact) mass is 251 g/mol. The second-order valence-corrected chi connectivity index (χ2v) is 6.29. The fourth-order valence-corrected chi connectivity index (χ4v) is 3.29. The van der Waals surface area contributed by atoms with E-state index in [0.29, 0.717) is 4.75 Å². The van der Waals surface area contributed by atoms with E-state index in [-0.39, 0.29) is 0 Å². The van der Waals surface area contributed by atoms with E-state index >= 15 is 0 Å². The van der Waals surface area contributed by atoms with Gasteiger partial charge in [0.05, 0.1) is 10.2 Å². The van der Waals surface area contributed by atoms with Crippen molar-refractivity contribution in [1.29, 1.82) is 0 Å². The zero-order valence-electron chi connectivity index (χ0n) is 9.06. The summed E-state index contributed by atoms with van der Waals surface area (Å²) in [6, 6.07) is 2.04. The molecule has 0 atom stereocenters. The molecule has 1 N–H and O–H groups in total. The molecule has 1 fully saturated rings. The zero-order valence-corrected chi connectivity index (χ0v) is 10.7. The predicted octanol–water partition coefficient (Wildman–Crippen LogP) is 3.00. The molecule has 2 aromatic rings. The van der Waals surface area contributed by atoms with Crippen molar-refractivity contribution in [3.8, 4) is 0 Å². The van der Waals surface area contributed by atoms with Crippen LogP contribution in [0.4, 0.5) is 5.82 Å². The lowest BCUT2D eigenvalue weighted by Crippen LogP contribution is -2.18. The van der Waals surface area contributed by atoms with Crippen LogP contribution in [0.3, 0.4) is 0 Å². The molecule has 0 amide bonds. The van der Waals surface area contributed by atoms with Crippen molar-refractivity contribution in [2.45, 2.75) is 17.6 Å². The highest BCUT2D eigenvalue weighted by molar-refractivity contribution is 8.00. The maximum absolute atomic E-state index is 4.32. The van der Waals surface area contributed by atoms with Crippen LogP contribution >= 0.6 is 23.1 Å². The number of hydrogen-bond acceptors (Lipinski definition) is 5. The quantitative estimate of drug-likeness (QED) is 0.906. The molecule has 16 heavy (non-hydrogen) atoms. The molecule has 1 saturated carbocycles. The Morgan fingerprint density at radius 3 is 3.12 bits per heavy atom. The maximum atomic E-state index is 4.32. The largest absolute Gasteiger partial charge is 0.367 e. The number of anilines is 1. The maximum Gasteiger partial charge on any atom is 0.147 e. The molecule has 1 aliphatic carbocycles. The third-order valence-corrected chi connectivity index (χ3v) is 5.39. The van der Waals surface area contributed by atoms with Gasteiger partial charge in [0.2, 0.25) is 0 Å². The zero-order chi connectivity index (χ0) is 11.0. The van der Waals surface area contributed by atoms with Crippen molar-refractivity contribution in [1.82, 2.24) is 9.97 Å². The van der Waals surface area contributed by atoms with Gasteiger partial charge in [-0.2, -0.15) is 11.8 Å². The van der Waals surface area contributed by atoms with E-state index in [1.165, 1.54) is 17.5 Å². The molecule has 2 aromatic heterocycles. The summed E-state index contributed by atoms with van der Waals surface area (Å²) in [4.78, 5) is 8.56. The number of aromatic nitrogens is 2. The predicted molar refractivity (Wildman–Crippen MR) is 71.4 cm³/mol. The highest BCUT2D eigenvalue weighted by Gasteiger charge is 2.41. The van der Waals surface area contributed by atoms with Gasteiger partial charge in [-0.15, -0.1) is 11.3 Å². The molecule has 0 spiro atoms. The van der Waals surface area contributed by atoms with E-state index in [9.17, 15) is 0 Å². The van der Waals surface area contributed by atoms with Crippen molar-refractivity contribution < 1.29 is 0 Å². The lowest BCUT2D eigenvalue weighted by Gasteiger charge is -2.13. The molecule has 2 heterocycles. The van der Waals surface area contributed by atoms with Crippen LogP contribution in [0.1, 0.15) is 12.8 Å². The molecule has 0 radical (unpaired) electrons. The fourth-order valence-electron chi connectivity index (χ4n) is 1.75. The molecule has 0 saturated heterocycles. The van der Waals surface area contributed by atoms with Crippen LogP contribution in [-0.2, 0) is 0 Å². The Hall–Kier alpha value is -0.810. The minimum atomic E-state index is 0.467. The summed E-state index contributed by atoms with van der Waals surface area (Å²) in [7, 11) is 0. The van der Waals surface area contributed by atoms with Gasteiger partial charge in [-0.05, 0) is 30.5 Å². The Labute approximate surface area is 103 Å². The molecular weight excluding hydrogens is 238 g/mol. The first-order chi connectivity index (χ1) is 7.83. The van der Waals surface area contributed by atoms with Crippen LogP contribution in [0.25, 0.3) is 10.2 Å². The first-order valence-corrected chi connectivity index (χ1v) is 7.41. The molecule has 0 bridgehead atoms. The number of nitrogens with zero attached hydrogens (tertiary/aromatic N) is 2. The van der Waals surface area contributed by atoms with Crippen LogP contribution in [0.15, 0.2) is 17.8 Å². The number of thioether (sulfide) groups is 1. The van der Waals surface area contributed by atoms with Crippen molar-refractivity contribution >= 4 is 39.1 Å². The average Bonchev–Trinajstić information content (AvgIpc) is 2.94. The van der Waals surface area contributed by atoms with Gasteiger partial charge in [0.25, 0.3) is 0 Å². The summed E-state index contributed by atoms with van der Waals surface area (Å²) in [6.45, 7) is 1.01. The highest BCUT2D eigenvalue weighted by Crippen LogP contribution is 2.47. The number of nitrogens with one attached hydrogen (secondary N) is 1. The summed E-state index contributed by atoms with van der Waals surface area (Å²) < 4.78 is 1.63. The molecule has 0 unspecified atom stereocenters. The van der Waals surface area contributed by atoms with Gasteiger partial charge < -0.3 is 5.32 Å². The first kappa shape index (κ1) is 10.4. The Morgan fingerprint density at radius 2 is 2.38 bits per heavy atom. The van der Waals surface area contributed by atoms with Gasteiger partial charge in [0.1, 0.15) is 12.1 Å². The topological polar surface area (TPSA) is 37.8 Å². The van der Waals surface area contributed by atoms with E-state index in [4.69, 9.17) is 0 Å². The summed E-state index contributed by atoms with van der Waals surface area (Å²) >= 11 is 3.66. The van der Waals surface area contributed by atoms with Gasteiger partial charge in [0, 0.05) is 11.3 Å². The molecule has 3 rings (SSSR count). The van der Waals surface area contributed by atoms with Crippen molar-refractivity contribution in [2.75, 3.05) is 18.1 Å².